The fourth-order valence-electron chi connectivity index (χ4n) is 2.16. The van der Waals surface area contributed by atoms with Crippen molar-refractivity contribution in [3.8, 4) is 5.75 Å². The minimum absolute atomic E-state index is 0.0981. The third-order valence-corrected chi connectivity index (χ3v) is 5.70. The first-order valence-corrected chi connectivity index (χ1v) is 9.59. The fraction of sp³-hybridized carbons (Fsp3) is 0.250. The minimum Gasteiger partial charge on any atom is -0.479 e. The molecule has 1 atom stereocenters. The van der Waals surface area contributed by atoms with Gasteiger partial charge < -0.3 is 15.4 Å². The number of ether oxygens (including phenoxy) is 1. The fourth-order valence-corrected chi connectivity index (χ4v) is 4.18. The zero-order valence-electron chi connectivity index (χ0n) is 12.8. The summed E-state index contributed by atoms with van der Waals surface area (Å²) in [6, 6.07) is 9.00. The van der Waals surface area contributed by atoms with E-state index in [1.54, 1.807) is 25.1 Å². The molecule has 0 radical (unpaired) electrons. The van der Waals surface area contributed by atoms with Gasteiger partial charge in [0.05, 0.1) is 15.8 Å². The molecule has 0 spiro atoms. The molecule has 8 heteroatoms. The number of carbonyl (C=O) groups excluding carboxylic acids is 2. The molecular formula is C16H15ClN2O3S2. The maximum Gasteiger partial charge on any atom is 0.265 e. The lowest BCUT2D eigenvalue weighted by Gasteiger charge is -2.23. The molecule has 0 saturated heterocycles. The van der Waals surface area contributed by atoms with Crippen molar-refractivity contribution in [1.29, 1.82) is 0 Å². The Morgan fingerprint density at radius 3 is 3.00 bits per heavy atom. The van der Waals surface area contributed by atoms with Crippen LogP contribution in [0.3, 0.4) is 0 Å². The Hall–Kier alpha value is -1.70. The van der Waals surface area contributed by atoms with Crippen LogP contribution in [0.15, 0.2) is 30.3 Å². The van der Waals surface area contributed by atoms with Gasteiger partial charge in [-0.25, -0.2) is 0 Å². The molecule has 0 unspecified atom stereocenters. The average molecular weight is 383 g/mol. The molecule has 0 saturated carbocycles. The molecule has 2 amide bonds. The molecule has 3 rings (SSSR count). The van der Waals surface area contributed by atoms with E-state index in [4.69, 9.17) is 16.3 Å². The van der Waals surface area contributed by atoms with E-state index in [9.17, 15) is 9.59 Å². The number of amides is 2. The van der Waals surface area contributed by atoms with Gasteiger partial charge >= 0.3 is 0 Å². The number of halogens is 1. The maximum absolute atomic E-state index is 12.0. The standard InChI is InChI=1S/C16H15ClN2O3S2/c1-9-16(21)19-12-6-10(2-4-13(12)22-9)18-15(20)8-23-7-11-3-5-14(17)24-11/h2-6,9H,7-8H2,1H3,(H,18,20)(H,19,21)/t9-/m0/s1. The average Bonchev–Trinajstić information content (AvgIpc) is 2.94. The molecule has 2 N–H and O–H groups in total. The zero-order valence-corrected chi connectivity index (χ0v) is 15.2. The molecule has 126 valence electrons. The highest BCUT2D eigenvalue weighted by molar-refractivity contribution is 7.99. The summed E-state index contributed by atoms with van der Waals surface area (Å²) >= 11 is 8.92. The predicted molar refractivity (Wildman–Crippen MR) is 99.3 cm³/mol. The highest BCUT2D eigenvalue weighted by atomic mass is 35.5. The Balaban J connectivity index is 1.53. The Kier molecular flexibility index (Phi) is 5.33. The van der Waals surface area contributed by atoms with Crippen LogP contribution < -0.4 is 15.4 Å². The highest BCUT2D eigenvalue weighted by Crippen LogP contribution is 2.32. The van der Waals surface area contributed by atoms with Crippen molar-refractivity contribution in [3.63, 3.8) is 0 Å². The first-order valence-electron chi connectivity index (χ1n) is 7.24. The van der Waals surface area contributed by atoms with Gasteiger partial charge in [-0.3, -0.25) is 9.59 Å². The monoisotopic (exact) mass is 382 g/mol. The molecule has 1 aliphatic rings. The van der Waals surface area contributed by atoms with Gasteiger partial charge in [0.25, 0.3) is 5.91 Å². The number of hydrogen-bond donors (Lipinski definition) is 2. The molecule has 0 fully saturated rings. The van der Waals surface area contributed by atoms with E-state index in [0.29, 0.717) is 22.9 Å². The third kappa shape index (κ3) is 4.23. The number of thioether (sulfide) groups is 1. The van der Waals surface area contributed by atoms with Gasteiger partial charge in [0.15, 0.2) is 6.10 Å². The molecule has 5 nitrogen and oxygen atoms in total. The van der Waals surface area contributed by atoms with Crippen molar-refractivity contribution in [2.75, 3.05) is 16.4 Å². The summed E-state index contributed by atoms with van der Waals surface area (Å²) in [5, 5.41) is 5.58. The Morgan fingerprint density at radius 2 is 2.25 bits per heavy atom. The number of carbonyl (C=O) groups is 2. The van der Waals surface area contributed by atoms with Crippen LogP contribution in [0.25, 0.3) is 0 Å². The smallest absolute Gasteiger partial charge is 0.265 e. The molecule has 1 aromatic carbocycles. The number of benzene rings is 1. The Labute approximate surface area is 152 Å². The van der Waals surface area contributed by atoms with Crippen LogP contribution in [0.1, 0.15) is 11.8 Å². The number of nitrogens with one attached hydrogen (secondary N) is 2. The van der Waals surface area contributed by atoms with E-state index in [-0.39, 0.29) is 11.8 Å². The summed E-state index contributed by atoms with van der Waals surface area (Å²) in [7, 11) is 0. The summed E-state index contributed by atoms with van der Waals surface area (Å²) in [5.74, 6) is 1.39. The number of thiophene rings is 1. The number of hydrogen-bond acceptors (Lipinski definition) is 5. The SMILES string of the molecule is C[C@@H]1Oc2ccc(NC(=O)CSCc3ccc(Cl)s3)cc2NC1=O. The lowest BCUT2D eigenvalue weighted by atomic mass is 10.2. The van der Waals surface area contributed by atoms with E-state index < -0.39 is 6.10 Å². The van der Waals surface area contributed by atoms with Crippen molar-refractivity contribution in [3.05, 3.63) is 39.5 Å². The van der Waals surface area contributed by atoms with Crippen LogP contribution in [0.4, 0.5) is 11.4 Å². The first kappa shape index (κ1) is 17.1. The number of fused-ring (bicyclic) bond motifs is 1. The molecule has 2 aromatic rings. The Bertz CT molecular complexity index is 778. The van der Waals surface area contributed by atoms with Gasteiger partial charge in [-0.2, -0.15) is 0 Å². The van der Waals surface area contributed by atoms with E-state index in [1.807, 2.05) is 12.1 Å². The summed E-state index contributed by atoms with van der Waals surface area (Å²) in [4.78, 5) is 24.8. The van der Waals surface area contributed by atoms with Crippen molar-refractivity contribution in [2.45, 2.75) is 18.8 Å². The second kappa shape index (κ2) is 7.46. The van der Waals surface area contributed by atoms with E-state index in [1.165, 1.54) is 23.1 Å². The quantitative estimate of drug-likeness (QED) is 0.820. The summed E-state index contributed by atoms with van der Waals surface area (Å²) in [6.07, 6.45) is -0.514. The third-order valence-electron chi connectivity index (χ3n) is 3.30. The van der Waals surface area contributed by atoms with Crippen molar-refractivity contribution < 1.29 is 14.3 Å². The van der Waals surface area contributed by atoms with Gasteiger partial charge in [-0.1, -0.05) is 11.6 Å². The number of anilines is 2. The van der Waals surface area contributed by atoms with Crippen LogP contribution in [0.5, 0.6) is 5.75 Å². The van der Waals surface area contributed by atoms with Crippen LogP contribution in [0.2, 0.25) is 4.34 Å². The maximum atomic E-state index is 12.0. The van der Waals surface area contributed by atoms with Crippen molar-refractivity contribution in [1.82, 2.24) is 0 Å². The molecule has 0 aliphatic carbocycles. The van der Waals surface area contributed by atoms with Crippen LogP contribution in [-0.4, -0.2) is 23.7 Å². The van der Waals surface area contributed by atoms with Crippen LogP contribution in [-0.2, 0) is 15.3 Å². The first-order chi connectivity index (χ1) is 11.5. The van der Waals surface area contributed by atoms with Gasteiger partial charge in [0, 0.05) is 16.3 Å². The number of rotatable bonds is 5. The zero-order chi connectivity index (χ0) is 17.1. The van der Waals surface area contributed by atoms with Gasteiger partial charge in [-0.05, 0) is 37.3 Å². The van der Waals surface area contributed by atoms with Crippen molar-refractivity contribution >= 4 is 57.9 Å². The lowest BCUT2D eigenvalue weighted by Crippen LogP contribution is -2.34. The molecule has 24 heavy (non-hydrogen) atoms. The van der Waals surface area contributed by atoms with Crippen molar-refractivity contribution in [2.24, 2.45) is 0 Å². The topological polar surface area (TPSA) is 67.4 Å². The predicted octanol–water partition coefficient (Wildman–Crippen LogP) is 3.99. The molecule has 1 aromatic heterocycles. The second-order valence-electron chi connectivity index (χ2n) is 5.21. The molecule has 1 aliphatic heterocycles. The van der Waals surface area contributed by atoms with E-state index in [0.717, 1.165) is 15.0 Å². The Morgan fingerprint density at radius 1 is 1.42 bits per heavy atom. The van der Waals surface area contributed by atoms with E-state index in [2.05, 4.69) is 10.6 Å². The summed E-state index contributed by atoms with van der Waals surface area (Å²) in [6.45, 7) is 1.69. The van der Waals surface area contributed by atoms with Crippen LogP contribution in [0, 0.1) is 0 Å². The molecule has 2 heterocycles. The molecular weight excluding hydrogens is 368 g/mol. The van der Waals surface area contributed by atoms with Gasteiger partial charge in [-0.15, -0.1) is 23.1 Å². The molecule has 0 bridgehead atoms. The van der Waals surface area contributed by atoms with Gasteiger partial charge in [0.1, 0.15) is 5.75 Å². The van der Waals surface area contributed by atoms with E-state index >= 15 is 0 Å². The van der Waals surface area contributed by atoms with Gasteiger partial charge in [0.2, 0.25) is 5.91 Å². The lowest BCUT2D eigenvalue weighted by molar-refractivity contribution is -0.122. The largest absolute Gasteiger partial charge is 0.479 e. The normalized spacial score (nSPS) is 16.1. The summed E-state index contributed by atoms with van der Waals surface area (Å²) < 4.78 is 6.23. The second-order valence-corrected chi connectivity index (χ2v) is 7.99. The van der Waals surface area contributed by atoms with Crippen LogP contribution >= 0.6 is 34.7 Å². The summed E-state index contributed by atoms with van der Waals surface area (Å²) in [5.41, 5.74) is 1.19. The highest BCUT2D eigenvalue weighted by Gasteiger charge is 2.23. The minimum atomic E-state index is -0.514.